The fourth-order valence-electron chi connectivity index (χ4n) is 2.44. The molecule has 0 spiro atoms. The van der Waals surface area contributed by atoms with E-state index in [-0.39, 0.29) is 5.91 Å². The van der Waals surface area contributed by atoms with Gasteiger partial charge in [0.1, 0.15) is 0 Å². The number of amides is 1. The van der Waals surface area contributed by atoms with Gasteiger partial charge in [0.15, 0.2) is 5.13 Å². The molecule has 1 aliphatic rings. The standard InChI is InChI=1S/C14H18N6OS/c15-13-18-11(10-22-13)2-3-12(21)19-6-8-20(9-7-19)14-16-4-1-5-17-14/h1,4-5,10H,2-3,6-9H2,(H2,15,18). The summed E-state index contributed by atoms with van der Waals surface area (Å²) in [4.78, 5) is 28.9. The Morgan fingerprint density at radius 3 is 2.59 bits per heavy atom. The number of anilines is 2. The average molecular weight is 318 g/mol. The van der Waals surface area contributed by atoms with E-state index in [0.717, 1.165) is 24.7 Å². The molecular formula is C14H18N6OS. The second kappa shape index (κ2) is 6.69. The second-order valence-corrected chi connectivity index (χ2v) is 5.98. The molecule has 2 aromatic heterocycles. The molecule has 0 bridgehead atoms. The van der Waals surface area contributed by atoms with Crippen molar-refractivity contribution in [2.45, 2.75) is 12.8 Å². The van der Waals surface area contributed by atoms with Gasteiger partial charge in [0.25, 0.3) is 0 Å². The third-order valence-electron chi connectivity index (χ3n) is 3.63. The molecule has 1 aliphatic heterocycles. The number of nitrogens with two attached hydrogens (primary N) is 1. The minimum Gasteiger partial charge on any atom is -0.375 e. The number of nitrogens with zero attached hydrogens (tertiary/aromatic N) is 5. The Morgan fingerprint density at radius 1 is 1.23 bits per heavy atom. The van der Waals surface area contributed by atoms with Crippen LogP contribution >= 0.6 is 11.3 Å². The minimum absolute atomic E-state index is 0.167. The molecule has 1 fully saturated rings. The average Bonchev–Trinajstić information content (AvgIpc) is 2.99. The van der Waals surface area contributed by atoms with Gasteiger partial charge in [0, 0.05) is 50.4 Å². The van der Waals surface area contributed by atoms with E-state index in [1.165, 1.54) is 11.3 Å². The van der Waals surface area contributed by atoms with Gasteiger partial charge in [-0.25, -0.2) is 15.0 Å². The first-order valence-electron chi connectivity index (χ1n) is 7.22. The summed E-state index contributed by atoms with van der Waals surface area (Å²) in [6.07, 6.45) is 4.60. The first-order chi connectivity index (χ1) is 10.7. The van der Waals surface area contributed by atoms with Crippen LogP contribution in [0.25, 0.3) is 0 Å². The van der Waals surface area contributed by atoms with Crippen LogP contribution in [0.4, 0.5) is 11.1 Å². The minimum atomic E-state index is 0.167. The third kappa shape index (κ3) is 3.51. The lowest BCUT2D eigenvalue weighted by Crippen LogP contribution is -2.49. The number of hydrogen-bond acceptors (Lipinski definition) is 7. The van der Waals surface area contributed by atoms with E-state index in [2.05, 4.69) is 19.9 Å². The summed E-state index contributed by atoms with van der Waals surface area (Å²) in [5.74, 6) is 0.896. The lowest BCUT2D eigenvalue weighted by atomic mass is 10.2. The van der Waals surface area contributed by atoms with Gasteiger partial charge in [-0.1, -0.05) is 0 Å². The molecule has 22 heavy (non-hydrogen) atoms. The molecule has 0 aliphatic carbocycles. The monoisotopic (exact) mass is 318 g/mol. The van der Waals surface area contributed by atoms with Crippen LogP contribution in [0.3, 0.4) is 0 Å². The maximum Gasteiger partial charge on any atom is 0.225 e. The highest BCUT2D eigenvalue weighted by Gasteiger charge is 2.22. The van der Waals surface area contributed by atoms with Crippen LogP contribution in [0, 0.1) is 0 Å². The second-order valence-electron chi connectivity index (χ2n) is 5.09. The normalized spacial score (nSPS) is 15.1. The smallest absolute Gasteiger partial charge is 0.225 e. The zero-order chi connectivity index (χ0) is 15.4. The first kappa shape index (κ1) is 14.7. The van der Waals surface area contributed by atoms with Crippen LogP contribution in [0.15, 0.2) is 23.8 Å². The van der Waals surface area contributed by atoms with Crippen molar-refractivity contribution >= 4 is 28.3 Å². The molecule has 8 heteroatoms. The van der Waals surface area contributed by atoms with E-state index in [0.29, 0.717) is 31.1 Å². The lowest BCUT2D eigenvalue weighted by molar-refractivity contribution is -0.131. The quantitative estimate of drug-likeness (QED) is 0.897. The molecule has 1 saturated heterocycles. The molecule has 0 radical (unpaired) electrons. The Labute approximate surface area is 132 Å². The molecule has 2 aromatic rings. The van der Waals surface area contributed by atoms with Gasteiger partial charge in [-0.15, -0.1) is 11.3 Å². The van der Waals surface area contributed by atoms with E-state index >= 15 is 0 Å². The molecule has 0 saturated carbocycles. The van der Waals surface area contributed by atoms with E-state index in [9.17, 15) is 4.79 Å². The Bertz CT molecular complexity index is 623. The summed E-state index contributed by atoms with van der Waals surface area (Å²) in [7, 11) is 0. The van der Waals surface area contributed by atoms with E-state index < -0.39 is 0 Å². The topological polar surface area (TPSA) is 88.2 Å². The lowest BCUT2D eigenvalue weighted by Gasteiger charge is -2.34. The maximum atomic E-state index is 12.2. The van der Waals surface area contributed by atoms with Gasteiger partial charge >= 0.3 is 0 Å². The molecule has 3 rings (SSSR count). The van der Waals surface area contributed by atoms with Gasteiger partial charge < -0.3 is 15.5 Å². The molecule has 3 heterocycles. The highest BCUT2D eigenvalue weighted by molar-refractivity contribution is 7.13. The SMILES string of the molecule is Nc1nc(CCC(=O)N2CCN(c3ncccn3)CC2)cs1. The number of piperazine rings is 1. The highest BCUT2D eigenvalue weighted by atomic mass is 32.1. The predicted molar refractivity (Wildman–Crippen MR) is 85.7 cm³/mol. The predicted octanol–water partition coefficient (Wildman–Crippen LogP) is 0.797. The van der Waals surface area contributed by atoms with Crippen molar-refractivity contribution in [3.05, 3.63) is 29.5 Å². The van der Waals surface area contributed by atoms with Crippen LogP contribution in [0.2, 0.25) is 0 Å². The highest BCUT2D eigenvalue weighted by Crippen LogP contribution is 2.14. The first-order valence-corrected chi connectivity index (χ1v) is 8.10. The number of rotatable bonds is 4. The maximum absolute atomic E-state index is 12.2. The fourth-order valence-corrected chi connectivity index (χ4v) is 3.04. The van der Waals surface area contributed by atoms with Crippen LogP contribution in [-0.2, 0) is 11.2 Å². The molecule has 116 valence electrons. The van der Waals surface area contributed by atoms with Crippen molar-refractivity contribution in [2.75, 3.05) is 36.8 Å². The van der Waals surface area contributed by atoms with Crippen LogP contribution in [0.1, 0.15) is 12.1 Å². The molecule has 1 amide bonds. The number of thiazole rings is 1. The summed E-state index contributed by atoms with van der Waals surface area (Å²) in [6.45, 7) is 2.94. The molecule has 2 N–H and O–H groups in total. The van der Waals surface area contributed by atoms with E-state index in [1.54, 1.807) is 18.5 Å². The van der Waals surface area contributed by atoms with Gasteiger partial charge in [-0.2, -0.15) is 0 Å². The van der Waals surface area contributed by atoms with Crippen LogP contribution < -0.4 is 10.6 Å². The number of carbonyl (C=O) groups excluding carboxylic acids is 1. The molecule has 0 aromatic carbocycles. The Hall–Kier alpha value is -2.22. The summed E-state index contributed by atoms with van der Waals surface area (Å²) in [5, 5.41) is 2.46. The van der Waals surface area contributed by atoms with Crippen molar-refractivity contribution in [3.63, 3.8) is 0 Å². The number of hydrogen-bond donors (Lipinski definition) is 1. The van der Waals surface area contributed by atoms with Crippen LogP contribution in [-0.4, -0.2) is 51.9 Å². The molecular weight excluding hydrogens is 300 g/mol. The van der Waals surface area contributed by atoms with Gasteiger partial charge in [0.05, 0.1) is 5.69 Å². The fraction of sp³-hybridized carbons (Fsp3) is 0.429. The van der Waals surface area contributed by atoms with Crippen LogP contribution in [0.5, 0.6) is 0 Å². The Morgan fingerprint density at radius 2 is 1.95 bits per heavy atom. The molecule has 0 atom stereocenters. The van der Waals surface area contributed by atoms with Crippen molar-refractivity contribution in [1.82, 2.24) is 19.9 Å². The van der Waals surface area contributed by atoms with Gasteiger partial charge in [-0.3, -0.25) is 4.79 Å². The number of nitrogen functional groups attached to an aromatic ring is 1. The summed E-state index contributed by atoms with van der Waals surface area (Å²) in [6, 6.07) is 1.80. The van der Waals surface area contributed by atoms with E-state index in [1.807, 2.05) is 10.3 Å². The van der Waals surface area contributed by atoms with E-state index in [4.69, 9.17) is 5.73 Å². The van der Waals surface area contributed by atoms with Crippen molar-refractivity contribution in [1.29, 1.82) is 0 Å². The summed E-state index contributed by atoms with van der Waals surface area (Å²) >= 11 is 1.41. The largest absolute Gasteiger partial charge is 0.375 e. The zero-order valence-electron chi connectivity index (χ0n) is 12.2. The molecule has 7 nitrogen and oxygen atoms in total. The summed E-state index contributed by atoms with van der Waals surface area (Å²) in [5.41, 5.74) is 6.49. The van der Waals surface area contributed by atoms with Crippen molar-refractivity contribution in [3.8, 4) is 0 Å². The zero-order valence-corrected chi connectivity index (χ0v) is 13.0. The Balaban J connectivity index is 1.47. The number of aromatic nitrogens is 3. The van der Waals surface area contributed by atoms with Crippen molar-refractivity contribution < 1.29 is 4.79 Å². The molecule has 0 unspecified atom stereocenters. The third-order valence-corrected chi connectivity index (χ3v) is 4.35. The Kier molecular flexibility index (Phi) is 4.47. The van der Waals surface area contributed by atoms with Gasteiger partial charge in [-0.05, 0) is 12.5 Å². The number of aryl methyl sites for hydroxylation is 1. The van der Waals surface area contributed by atoms with Crippen molar-refractivity contribution in [2.24, 2.45) is 0 Å². The summed E-state index contributed by atoms with van der Waals surface area (Å²) < 4.78 is 0. The van der Waals surface area contributed by atoms with Gasteiger partial charge in [0.2, 0.25) is 11.9 Å². The number of carbonyl (C=O) groups is 1.